The average molecular weight is 1140 g/mol. The number of hydrogen-bond acceptors (Lipinski definition) is 6. The van der Waals surface area contributed by atoms with Crippen molar-refractivity contribution in [2.45, 2.75) is 245 Å². The minimum atomic E-state index is -0.834. The summed E-state index contributed by atoms with van der Waals surface area (Å²) in [5.41, 5.74) is 0. The van der Waals surface area contributed by atoms with E-state index in [9.17, 15) is 14.4 Å². The summed E-state index contributed by atoms with van der Waals surface area (Å²) in [5, 5.41) is 0. The molecule has 1 atom stereocenters. The zero-order valence-electron chi connectivity index (χ0n) is 52.6. The van der Waals surface area contributed by atoms with Crippen molar-refractivity contribution < 1.29 is 28.6 Å². The maximum absolute atomic E-state index is 12.9. The van der Waals surface area contributed by atoms with Crippen molar-refractivity contribution in [1.82, 2.24) is 0 Å². The molecule has 0 aromatic heterocycles. The van der Waals surface area contributed by atoms with E-state index in [2.05, 4.69) is 227 Å². The van der Waals surface area contributed by atoms with Gasteiger partial charge < -0.3 is 14.2 Å². The monoisotopic (exact) mass is 1140 g/mol. The van der Waals surface area contributed by atoms with Crippen LogP contribution in [0.25, 0.3) is 0 Å². The van der Waals surface area contributed by atoms with Crippen molar-refractivity contribution >= 4 is 17.9 Å². The largest absolute Gasteiger partial charge is 0.462 e. The summed E-state index contributed by atoms with van der Waals surface area (Å²) in [6.07, 6.45) is 105. The predicted molar refractivity (Wildman–Crippen MR) is 361 cm³/mol. The van der Waals surface area contributed by atoms with Crippen molar-refractivity contribution in [3.05, 3.63) is 207 Å². The summed E-state index contributed by atoms with van der Waals surface area (Å²) in [6.45, 7) is 6.20. The molecular formula is C77H116O6. The molecule has 6 heteroatoms. The lowest BCUT2D eigenvalue weighted by atomic mass is 10.1. The lowest BCUT2D eigenvalue weighted by Gasteiger charge is -2.18. The first-order chi connectivity index (χ1) is 41.0. The van der Waals surface area contributed by atoms with Gasteiger partial charge in [0, 0.05) is 19.3 Å². The van der Waals surface area contributed by atoms with Crippen LogP contribution in [0.2, 0.25) is 0 Å². The minimum Gasteiger partial charge on any atom is -0.462 e. The number of hydrogen-bond donors (Lipinski definition) is 0. The van der Waals surface area contributed by atoms with Crippen molar-refractivity contribution in [1.29, 1.82) is 0 Å². The van der Waals surface area contributed by atoms with Gasteiger partial charge in [-0.3, -0.25) is 14.4 Å². The third kappa shape index (κ3) is 66.7. The van der Waals surface area contributed by atoms with Gasteiger partial charge in [-0.15, -0.1) is 0 Å². The van der Waals surface area contributed by atoms with E-state index < -0.39 is 6.10 Å². The normalized spacial score (nSPS) is 13.5. The maximum atomic E-state index is 12.9. The minimum absolute atomic E-state index is 0.124. The highest BCUT2D eigenvalue weighted by Crippen LogP contribution is 2.13. The Balaban J connectivity index is 4.49. The molecule has 0 rings (SSSR count). The summed E-state index contributed by atoms with van der Waals surface area (Å²) >= 11 is 0. The molecule has 0 aromatic rings. The van der Waals surface area contributed by atoms with Gasteiger partial charge in [0.2, 0.25) is 0 Å². The smallest absolute Gasteiger partial charge is 0.306 e. The van der Waals surface area contributed by atoms with Gasteiger partial charge in [0.05, 0.1) is 0 Å². The molecular weight excluding hydrogens is 1020 g/mol. The molecule has 0 heterocycles. The van der Waals surface area contributed by atoms with E-state index in [1.165, 1.54) is 12.8 Å². The Bertz CT molecular complexity index is 2030. The van der Waals surface area contributed by atoms with E-state index in [1.807, 2.05) is 0 Å². The first-order valence-corrected chi connectivity index (χ1v) is 32.6. The molecule has 0 fully saturated rings. The highest BCUT2D eigenvalue weighted by molar-refractivity contribution is 5.71. The maximum Gasteiger partial charge on any atom is 0.306 e. The third-order valence-electron chi connectivity index (χ3n) is 12.8. The fraction of sp³-hybridized carbons (Fsp3) is 0.519. The van der Waals surface area contributed by atoms with Gasteiger partial charge in [-0.1, -0.05) is 259 Å². The molecule has 0 N–H and O–H groups in total. The van der Waals surface area contributed by atoms with Crippen molar-refractivity contribution in [2.24, 2.45) is 0 Å². The molecule has 0 bridgehead atoms. The van der Waals surface area contributed by atoms with Crippen LogP contribution in [0.5, 0.6) is 0 Å². The van der Waals surface area contributed by atoms with Crippen LogP contribution in [0.3, 0.4) is 0 Å². The van der Waals surface area contributed by atoms with Crippen LogP contribution in [-0.4, -0.2) is 37.2 Å². The number of allylic oxidation sites excluding steroid dienone is 34. The van der Waals surface area contributed by atoms with Gasteiger partial charge in [0.1, 0.15) is 13.2 Å². The second kappa shape index (κ2) is 68.5. The van der Waals surface area contributed by atoms with Gasteiger partial charge in [0.15, 0.2) is 6.10 Å². The van der Waals surface area contributed by atoms with Crippen LogP contribution in [0.1, 0.15) is 239 Å². The SMILES string of the molecule is CC/C=C\C/C=C\C/C=C\C/C=C\C/C=C\C/C=C\C/C=C\C/C=C\CCCCCCCCC(=O)OCC(COC(=O)CCCC/C=C\C/C=C\C/C=C\C/C=C\CC)OC(=O)CCCCC/C=C\C/C=C\C/C=C\C/C=C\C/C=C\CC. The highest BCUT2D eigenvalue weighted by atomic mass is 16.6. The molecule has 0 aromatic carbocycles. The zero-order chi connectivity index (χ0) is 59.9. The molecule has 460 valence electrons. The van der Waals surface area contributed by atoms with Crippen LogP contribution in [0.15, 0.2) is 207 Å². The van der Waals surface area contributed by atoms with E-state index in [0.717, 1.165) is 173 Å². The van der Waals surface area contributed by atoms with Crippen molar-refractivity contribution in [3.8, 4) is 0 Å². The molecule has 0 spiro atoms. The molecule has 0 amide bonds. The Morgan fingerprint density at radius 1 is 0.241 bits per heavy atom. The third-order valence-corrected chi connectivity index (χ3v) is 12.8. The average Bonchev–Trinajstić information content (AvgIpc) is 3.49. The predicted octanol–water partition coefficient (Wildman–Crippen LogP) is 22.8. The Hall–Kier alpha value is -6.01. The summed E-state index contributed by atoms with van der Waals surface area (Å²) in [6, 6.07) is 0. The van der Waals surface area contributed by atoms with E-state index in [0.29, 0.717) is 19.3 Å². The molecule has 0 aliphatic rings. The van der Waals surface area contributed by atoms with E-state index >= 15 is 0 Å². The summed E-state index contributed by atoms with van der Waals surface area (Å²) < 4.78 is 16.8. The van der Waals surface area contributed by atoms with E-state index in [1.54, 1.807) is 0 Å². The summed E-state index contributed by atoms with van der Waals surface area (Å²) in [7, 11) is 0. The lowest BCUT2D eigenvalue weighted by molar-refractivity contribution is -0.167. The van der Waals surface area contributed by atoms with E-state index in [4.69, 9.17) is 14.2 Å². The van der Waals surface area contributed by atoms with Crippen LogP contribution in [-0.2, 0) is 28.6 Å². The number of carbonyl (C=O) groups excluding carboxylic acids is 3. The standard InChI is InChI=1S/C77H116O6/c1-4-7-10-13-16-19-22-25-28-30-32-33-34-35-36-37-38-39-40-41-42-43-45-46-49-52-55-58-61-64-67-70-76(79)82-73-74(72-81-75(78)69-66-63-60-57-54-51-48-27-24-21-18-15-12-9-6-3)83-77(80)71-68-65-62-59-56-53-50-47-44-31-29-26-23-20-17-14-11-8-5-2/h7-12,16-21,25-29,32-33,35-36,38-39,41-42,44-48,53-54,56-57,74H,4-6,13-15,22-24,30-31,34,37,40,43,49-52,55,58-73H2,1-3H3/b10-7-,11-8-,12-9-,19-16-,20-17-,21-18-,28-25-,29-26-,33-32-,36-35-,39-38-,42-41-,46-45-,47-44-,48-27-,56-53-,57-54-. The fourth-order valence-corrected chi connectivity index (χ4v) is 8.00. The number of esters is 3. The van der Waals surface area contributed by atoms with Crippen LogP contribution < -0.4 is 0 Å². The van der Waals surface area contributed by atoms with Crippen LogP contribution >= 0.6 is 0 Å². The van der Waals surface area contributed by atoms with Gasteiger partial charge in [0.25, 0.3) is 0 Å². The molecule has 0 saturated heterocycles. The summed E-state index contributed by atoms with van der Waals surface area (Å²) in [5.74, 6) is -1.02. The zero-order valence-corrected chi connectivity index (χ0v) is 52.6. The molecule has 83 heavy (non-hydrogen) atoms. The first-order valence-electron chi connectivity index (χ1n) is 32.6. The van der Waals surface area contributed by atoms with E-state index in [-0.39, 0.29) is 44.0 Å². The molecule has 1 unspecified atom stereocenters. The van der Waals surface area contributed by atoms with Crippen LogP contribution in [0.4, 0.5) is 0 Å². The number of carbonyl (C=O) groups is 3. The van der Waals surface area contributed by atoms with Gasteiger partial charge >= 0.3 is 17.9 Å². The number of ether oxygens (including phenoxy) is 3. The molecule has 0 radical (unpaired) electrons. The second-order valence-electron chi connectivity index (χ2n) is 20.5. The van der Waals surface area contributed by atoms with Gasteiger partial charge in [-0.25, -0.2) is 0 Å². The Labute approximate surface area is 509 Å². The number of unbranched alkanes of at least 4 members (excludes halogenated alkanes) is 11. The van der Waals surface area contributed by atoms with Crippen molar-refractivity contribution in [2.75, 3.05) is 13.2 Å². The fourth-order valence-electron chi connectivity index (χ4n) is 8.00. The Morgan fingerprint density at radius 2 is 0.434 bits per heavy atom. The lowest BCUT2D eigenvalue weighted by Crippen LogP contribution is -2.30. The molecule has 0 aliphatic carbocycles. The first kappa shape index (κ1) is 77.0. The number of rotatable bonds is 56. The Kier molecular flexibility index (Phi) is 63.5. The topological polar surface area (TPSA) is 78.9 Å². The quantitative estimate of drug-likeness (QED) is 0.0261. The second-order valence-corrected chi connectivity index (χ2v) is 20.5. The molecule has 0 saturated carbocycles. The summed E-state index contributed by atoms with van der Waals surface area (Å²) in [4.78, 5) is 38.3. The Morgan fingerprint density at radius 3 is 0.711 bits per heavy atom. The van der Waals surface area contributed by atoms with Gasteiger partial charge in [-0.2, -0.15) is 0 Å². The van der Waals surface area contributed by atoms with Gasteiger partial charge in [-0.05, 0) is 167 Å². The molecule has 0 aliphatic heterocycles. The van der Waals surface area contributed by atoms with Crippen molar-refractivity contribution in [3.63, 3.8) is 0 Å². The van der Waals surface area contributed by atoms with Crippen LogP contribution in [0, 0.1) is 0 Å². The molecule has 6 nitrogen and oxygen atoms in total. The highest BCUT2D eigenvalue weighted by Gasteiger charge is 2.19.